The van der Waals surface area contributed by atoms with Crippen molar-refractivity contribution in [1.29, 1.82) is 0 Å². The van der Waals surface area contributed by atoms with E-state index >= 15 is 0 Å². The molecule has 0 aliphatic heterocycles. The van der Waals surface area contributed by atoms with E-state index in [2.05, 4.69) is 4.98 Å². The van der Waals surface area contributed by atoms with Gasteiger partial charge in [-0.3, -0.25) is 4.98 Å². The molecule has 4 nitrogen and oxygen atoms in total. The number of fused-ring (bicyclic) bond motifs is 3. The SMILES string of the molecule is COc1ccc2c3ccnc(C)c3n(C(C)O)c2c1. The minimum atomic E-state index is -0.616. The second-order valence-electron chi connectivity index (χ2n) is 4.68. The Bertz CT molecular complexity index is 760. The lowest BCUT2D eigenvalue weighted by molar-refractivity contribution is 0.133. The largest absolute Gasteiger partial charge is 0.497 e. The molecule has 0 spiro atoms. The number of pyridine rings is 1. The van der Waals surface area contributed by atoms with Gasteiger partial charge in [0.1, 0.15) is 12.0 Å². The average molecular weight is 256 g/mol. The number of methoxy groups -OCH3 is 1. The Morgan fingerprint density at radius 1 is 1.26 bits per heavy atom. The monoisotopic (exact) mass is 256 g/mol. The molecule has 0 saturated carbocycles. The van der Waals surface area contributed by atoms with Gasteiger partial charge in [-0.05, 0) is 32.0 Å². The van der Waals surface area contributed by atoms with Gasteiger partial charge in [0.25, 0.3) is 0 Å². The van der Waals surface area contributed by atoms with Crippen molar-refractivity contribution in [1.82, 2.24) is 9.55 Å². The lowest BCUT2D eigenvalue weighted by Gasteiger charge is -2.11. The van der Waals surface area contributed by atoms with Crippen LogP contribution in [0.4, 0.5) is 0 Å². The molecule has 1 N–H and O–H groups in total. The van der Waals surface area contributed by atoms with E-state index in [1.165, 1.54) is 0 Å². The zero-order valence-electron chi connectivity index (χ0n) is 11.2. The van der Waals surface area contributed by atoms with Crippen molar-refractivity contribution >= 4 is 21.8 Å². The molecule has 1 atom stereocenters. The zero-order chi connectivity index (χ0) is 13.6. The summed E-state index contributed by atoms with van der Waals surface area (Å²) in [6.07, 6.45) is 1.18. The number of hydrogen-bond donors (Lipinski definition) is 1. The van der Waals surface area contributed by atoms with Crippen LogP contribution in [-0.4, -0.2) is 21.8 Å². The molecule has 0 saturated heterocycles. The van der Waals surface area contributed by atoms with Crippen molar-refractivity contribution in [2.75, 3.05) is 7.11 Å². The molecule has 0 aliphatic rings. The minimum Gasteiger partial charge on any atom is -0.497 e. The first-order valence-corrected chi connectivity index (χ1v) is 6.25. The molecule has 3 aromatic rings. The van der Waals surface area contributed by atoms with E-state index in [4.69, 9.17) is 4.74 Å². The summed E-state index contributed by atoms with van der Waals surface area (Å²) in [5.41, 5.74) is 2.84. The van der Waals surface area contributed by atoms with Crippen molar-refractivity contribution in [3.63, 3.8) is 0 Å². The summed E-state index contributed by atoms with van der Waals surface area (Å²) < 4.78 is 7.17. The highest BCUT2D eigenvalue weighted by atomic mass is 16.5. The van der Waals surface area contributed by atoms with Gasteiger partial charge in [-0.25, -0.2) is 0 Å². The average Bonchev–Trinajstić information content (AvgIpc) is 2.73. The normalized spacial score (nSPS) is 13.1. The number of aliphatic hydroxyl groups excluding tert-OH is 1. The van der Waals surface area contributed by atoms with Gasteiger partial charge in [-0.15, -0.1) is 0 Å². The maximum absolute atomic E-state index is 10.1. The van der Waals surface area contributed by atoms with Crippen LogP contribution < -0.4 is 4.74 Å². The van der Waals surface area contributed by atoms with Crippen molar-refractivity contribution in [2.45, 2.75) is 20.1 Å². The van der Waals surface area contributed by atoms with Crippen LogP contribution in [0.2, 0.25) is 0 Å². The Morgan fingerprint density at radius 2 is 2.05 bits per heavy atom. The number of nitrogens with zero attached hydrogens (tertiary/aromatic N) is 2. The third-order valence-corrected chi connectivity index (χ3v) is 3.48. The number of aryl methyl sites for hydroxylation is 1. The number of aliphatic hydroxyl groups is 1. The summed E-state index contributed by atoms with van der Waals surface area (Å²) in [7, 11) is 1.64. The van der Waals surface area contributed by atoms with Crippen molar-refractivity contribution in [2.24, 2.45) is 0 Å². The fourth-order valence-electron chi connectivity index (χ4n) is 2.65. The van der Waals surface area contributed by atoms with Gasteiger partial charge in [0.15, 0.2) is 0 Å². The molecule has 0 radical (unpaired) electrons. The van der Waals surface area contributed by atoms with Crippen LogP contribution in [0.25, 0.3) is 21.8 Å². The predicted octanol–water partition coefficient (Wildman–Crippen LogP) is 3.02. The molecule has 98 valence electrons. The highest BCUT2D eigenvalue weighted by molar-refractivity contribution is 6.09. The van der Waals surface area contributed by atoms with E-state index in [1.54, 1.807) is 20.2 Å². The van der Waals surface area contributed by atoms with E-state index in [0.29, 0.717) is 0 Å². The fourth-order valence-corrected chi connectivity index (χ4v) is 2.65. The number of ether oxygens (including phenoxy) is 1. The van der Waals surface area contributed by atoms with Crippen LogP contribution in [0.5, 0.6) is 5.75 Å². The molecule has 19 heavy (non-hydrogen) atoms. The van der Waals surface area contributed by atoms with Crippen LogP contribution in [0, 0.1) is 6.92 Å². The Labute approximate surface area is 111 Å². The third kappa shape index (κ3) is 1.68. The molecule has 1 unspecified atom stereocenters. The lowest BCUT2D eigenvalue weighted by Crippen LogP contribution is -2.04. The van der Waals surface area contributed by atoms with E-state index in [1.807, 2.05) is 35.8 Å². The summed E-state index contributed by atoms with van der Waals surface area (Å²) in [5, 5.41) is 12.3. The first-order valence-electron chi connectivity index (χ1n) is 6.25. The molecule has 1 aromatic carbocycles. The summed E-state index contributed by atoms with van der Waals surface area (Å²) >= 11 is 0. The van der Waals surface area contributed by atoms with Crippen LogP contribution in [-0.2, 0) is 0 Å². The molecule has 2 aromatic heterocycles. The lowest BCUT2D eigenvalue weighted by atomic mass is 10.1. The Hall–Kier alpha value is -2.07. The Morgan fingerprint density at radius 3 is 2.74 bits per heavy atom. The molecule has 0 bridgehead atoms. The molecular formula is C15H16N2O2. The zero-order valence-corrected chi connectivity index (χ0v) is 11.2. The van der Waals surface area contributed by atoms with Crippen LogP contribution >= 0.6 is 0 Å². The summed E-state index contributed by atoms with van der Waals surface area (Å²) in [4.78, 5) is 4.33. The van der Waals surface area contributed by atoms with Crippen molar-refractivity contribution in [3.8, 4) is 5.75 Å². The topological polar surface area (TPSA) is 47.3 Å². The summed E-state index contributed by atoms with van der Waals surface area (Å²) in [6, 6.07) is 7.89. The van der Waals surface area contributed by atoms with E-state index in [-0.39, 0.29) is 0 Å². The van der Waals surface area contributed by atoms with Gasteiger partial charge in [0.05, 0.1) is 23.8 Å². The van der Waals surface area contributed by atoms with Gasteiger partial charge < -0.3 is 14.4 Å². The van der Waals surface area contributed by atoms with E-state index < -0.39 is 6.23 Å². The van der Waals surface area contributed by atoms with Gasteiger partial charge >= 0.3 is 0 Å². The first-order chi connectivity index (χ1) is 9.13. The van der Waals surface area contributed by atoms with Crippen molar-refractivity contribution in [3.05, 3.63) is 36.2 Å². The quantitative estimate of drug-likeness (QED) is 0.766. The maximum atomic E-state index is 10.1. The van der Waals surface area contributed by atoms with Gasteiger partial charge in [0, 0.05) is 23.0 Å². The molecule has 0 fully saturated rings. The van der Waals surface area contributed by atoms with Gasteiger partial charge in [-0.1, -0.05) is 0 Å². The summed E-state index contributed by atoms with van der Waals surface area (Å²) in [5.74, 6) is 0.780. The summed E-state index contributed by atoms with van der Waals surface area (Å²) in [6.45, 7) is 3.71. The standard InChI is InChI=1S/C15H16N2O2/c1-9-15-13(6-7-16-9)12-5-4-11(19-3)8-14(12)17(15)10(2)18/h4-8,10,18H,1-3H3. The number of hydrogen-bond acceptors (Lipinski definition) is 3. The number of aromatic nitrogens is 2. The van der Waals surface area contributed by atoms with E-state index in [9.17, 15) is 5.11 Å². The second kappa shape index (κ2) is 4.24. The highest BCUT2D eigenvalue weighted by Gasteiger charge is 2.16. The molecule has 0 amide bonds. The van der Waals surface area contributed by atoms with Gasteiger partial charge in [-0.2, -0.15) is 0 Å². The fraction of sp³-hybridized carbons (Fsp3) is 0.267. The predicted molar refractivity (Wildman–Crippen MR) is 75.5 cm³/mol. The molecular weight excluding hydrogens is 240 g/mol. The van der Waals surface area contributed by atoms with E-state index in [0.717, 1.165) is 33.2 Å². The van der Waals surface area contributed by atoms with Crippen LogP contribution in [0.3, 0.4) is 0 Å². The van der Waals surface area contributed by atoms with Crippen LogP contribution in [0.15, 0.2) is 30.5 Å². The second-order valence-corrected chi connectivity index (χ2v) is 4.68. The Kier molecular flexibility index (Phi) is 2.68. The maximum Gasteiger partial charge on any atom is 0.128 e. The third-order valence-electron chi connectivity index (χ3n) is 3.48. The smallest absolute Gasteiger partial charge is 0.128 e. The number of rotatable bonds is 2. The molecule has 0 aliphatic carbocycles. The van der Waals surface area contributed by atoms with Crippen LogP contribution in [0.1, 0.15) is 18.8 Å². The highest BCUT2D eigenvalue weighted by Crippen LogP contribution is 2.34. The number of benzene rings is 1. The first kappa shape index (κ1) is 12.0. The molecule has 4 heteroatoms. The van der Waals surface area contributed by atoms with Crippen molar-refractivity contribution < 1.29 is 9.84 Å². The van der Waals surface area contributed by atoms with Gasteiger partial charge in [0.2, 0.25) is 0 Å². The Balaban J connectivity index is 2.54. The molecule has 2 heterocycles. The minimum absolute atomic E-state index is 0.616. The molecule has 3 rings (SSSR count).